The summed E-state index contributed by atoms with van der Waals surface area (Å²) in [6.45, 7) is 5.41. The first kappa shape index (κ1) is 14.5. The summed E-state index contributed by atoms with van der Waals surface area (Å²) in [7, 11) is 1.45. The van der Waals surface area contributed by atoms with Crippen LogP contribution in [-0.2, 0) is 9.53 Å². The summed E-state index contributed by atoms with van der Waals surface area (Å²) in [5.41, 5.74) is 0.225. The Kier molecular flexibility index (Phi) is 5.19. The number of benzene rings is 1. The minimum absolute atomic E-state index is 0.0803. The minimum Gasteiger partial charge on any atom is -0.496 e. The van der Waals surface area contributed by atoms with Gasteiger partial charge in [-0.1, -0.05) is 24.2 Å². The first-order chi connectivity index (χ1) is 8.52. The van der Waals surface area contributed by atoms with Gasteiger partial charge in [-0.2, -0.15) is 0 Å². The average molecular weight is 271 g/mol. The Morgan fingerprint density at radius 1 is 1.56 bits per heavy atom. The highest BCUT2D eigenvalue weighted by atomic mass is 35.5. The Morgan fingerprint density at radius 3 is 2.78 bits per heavy atom. The molecule has 18 heavy (non-hydrogen) atoms. The third kappa shape index (κ3) is 3.03. The summed E-state index contributed by atoms with van der Waals surface area (Å²) < 4.78 is 9.88. The van der Waals surface area contributed by atoms with E-state index in [1.165, 1.54) is 7.11 Å². The average Bonchev–Trinajstić information content (AvgIpc) is 2.36. The molecule has 1 unspecified atom stereocenters. The largest absolute Gasteiger partial charge is 0.496 e. The number of esters is 1. The molecule has 98 valence electrons. The van der Waals surface area contributed by atoms with Gasteiger partial charge in [0.2, 0.25) is 0 Å². The Labute approximate surface area is 111 Å². The van der Waals surface area contributed by atoms with Crippen molar-refractivity contribution in [2.24, 2.45) is 0 Å². The highest BCUT2D eigenvalue weighted by Crippen LogP contribution is 2.35. The first-order valence-electron chi connectivity index (χ1n) is 5.39. The van der Waals surface area contributed by atoms with E-state index < -0.39 is 12.1 Å². The molecule has 0 aliphatic heterocycles. The third-order valence-corrected chi connectivity index (χ3v) is 2.70. The number of rotatable bonds is 5. The zero-order chi connectivity index (χ0) is 13.7. The molecule has 1 aromatic carbocycles. The van der Waals surface area contributed by atoms with E-state index in [4.69, 9.17) is 21.1 Å². The lowest BCUT2D eigenvalue weighted by atomic mass is 10.0. The quantitative estimate of drug-likeness (QED) is 0.660. The topological polar surface area (TPSA) is 55.8 Å². The number of methoxy groups -OCH3 is 1. The summed E-state index contributed by atoms with van der Waals surface area (Å²) in [5.74, 6) is -0.271. The van der Waals surface area contributed by atoms with Gasteiger partial charge in [-0.05, 0) is 19.1 Å². The molecule has 0 bridgehead atoms. The summed E-state index contributed by atoms with van der Waals surface area (Å²) in [6, 6.07) is 4.93. The van der Waals surface area contributed by atoms with E-state index >= 15 is 0 Å². The molecule has 0 radical (unpaired) electrons. The Bertz CT molecular complexity index is 456. The van der Waals surface area contributed by atoms with E-state index in [1.54, 1.807) is 25.1 Å². The van der Waals surface area contributed by atoms with Gasteiger partial charge < -0.3 is 14.6 Å². The SMILES string of the molecule is C=C(C(=O)OCC)C(O)c1c(Cl)cccc1OC. The molecule has 0 saturated heterocycles. The van der Waals surface area contributed by atoms with Crippen LogP contribution in [0.2, 0.25) is 5.02 Å². The van der Waals surface area contributed by atoms with Gasteiger partial charge in [0.25, 0.3) is 0 Å². The first-order valence-corrected chi connectivity index (χ1v) is 5.77. The number of aliphatic hydroxyl groups is 1. The van der Waals surface area contributed by atoms with Crippen LogP contribution in [0.1, 0.15) is 18.6 Å². The second-order valence-corrected chi connectivity index (χ2v) is 3.91. The van der Waals surface area contributed by atoms with Gasteiger partial charge in [0, 0.05) is 5.56 Å². The number of carbonyl (C=O) groups excluding carboxylic acids is 1. The van der Waals surface area contributed by atoms with E-state index in [0.717, 1.165) is 0 Å². The zero-order valence-corrected chi connectivity index (χ0v) is 11.0. The van der Waals surface area contributed by atoms with Crippen molar-refractivity contribution in [3.05, 3.63) is 40.9 Å². The van der Waals surface area contributed by atoms with Gasteiger partial charge in [-0.3, -0.25) is 0 Å². The van der Waals surface area contributed by atoms with Crippen LogP contribution in [0.15, 0.2) is 30.4 Å². The fraction of sp³-hybridized carbons (Fsp3) is 0.308. The van der Waals surface area contributed by atoms with Crippen LogP contribution < -0.4 is 4.74 Å². The lowest BCUT2D eigenvalue weighted by Crippen LogP contribution is -2.14. The molecule has 0 amide bonds. The van der Waals surface area contributed by atoms with E-state index in [2.05, 4.69) is 6.58 Å². The predicted octanol–water partition coefficient (Wildman–Crippen LogP) is 2.50. The van der Waals surface area contributed by atoms with E-state index in [0.29, 0.717) is 16.3 Å². The van der Waals surface area contributed by atoms with Gasteiger partial charge in [0.15, 0.2) is 0 Å². The highest BCUT2D eigenvalue weighted by Gasteiger charge is 2.24. The zero-order valence-electron chi connectivity index (χ0n) is 10.3. The van der Waals surface area contributed by atoms with Crippen molar-refractivity contribution in [1.29, 1.82) is 0 Å². The smallest absolute Gasteiger partial charge is 0.336 e. The maximum atomic E-state index is 11.5. The number of hydrogen-bond donors (Lipinski definition) is 1. The lowest BCUT2D eigenvalue weighted by molar-refractivity contribution is -0.139. The molecular formula is C13H15ClO4. The Morgan fingerprint density at radius 2 is 2.22 bits per heavy atom. The maximum absolute atomic E-state index is 11.5. The van der Waals surface area contributed by atoms with Crippen molar-refractivity contribution < 1.29 is 19.4 Å². The van der Waals surface area contributed by atoms with E-state index in [9.17, 15) is 9.90 Å². The van der Waals surface area contributed by atoms with Crippen LogP contribution in [0, 0.1) is 0 Å². The van der Waals surface area contributed by atoms with Crippen LogP contribution in [0.5, 0.6) is 5.75 Å². The molecule has 1 N–H and O–H groups in total. The number of carbonyl (C=O) groups is 1. The van der Waals surface area contributed by atoms with Crippen LogP contribution >= 0.6 is 11.6 Å². The summed E-state index contributed by atoms with van der Waals surface area (Å²) in [5, 5.41) is 10.4. The molecule has 0 fully saturated rings. The predicted molar refractivity (Wildman–Crippen MR) is 68.7 cm³/mol. The van der Waals surface area contributed by atoms with Gasteiger partial charge in [-0.15, -0.1) is 0 Å². The van der Waals surface area contributed by atoms with E-state index in [1.807, 2.05) is 0 Å². The molecule has 0 aromatic heterocycles. The molecule has 0 aliphatic carbocycles. The van der Waals surface area contributed by atoms with Crippen LogP contribution in [-0.4, -0.2) is 24.8 Å². The van der Waals surface area contributed by atoms with Gasteiger partial charge in [0.05, 0.1) is 24.3 Å². The molecule has 0 saturated carbocycles. The number of halogens is 1. The third-order valence-electron chi connectivity index (χ3n) is 2.37. The summed E-state index contributed by atoms with van der Waals surface area (Å²) >= 11 is 6.00. The van der Waals surface area contributed by atoms with Crippen molar-refractivity contribution in [3.63, 3.8) is 0 Å². The second kappa shape index (κ2) is 6.42. The number of aliphatic hydroxyl groups excluding tert-OH is 1. The molecule has 0 heterocycles. The minimum atomic E-state index is -1.26. The van der Waals surface area contributed by atoms with Crippen LogP contribution in [0.3, 0.4) is 0 Å². The molecule has 1 atom stereocenters. The van der Waals surface area contributed by atoms with Crippen molar-refractivity contribution in [3.8, 4) is 5.75 Å². The highest BCUT2D eigenvalue weighted by molar-refractivity contribution is 6.31. The van der Waals surface area contributed by atoms with Gasteiger partial charge >= 0.3 is 5.97 Å². The molecule has 5 heteroatoms. The van der Waals surface area contributed by atoms with Crippen molar-refractivity contribution in [2.45, 2.75) is 13.0 Å². The van der Waals surface area contributed by atoms with Gasteiger partial charge in [0.1, 0.15) is 11.9 Å². The van der Waals surface area contributed by atoms with Crippen molar-refractivity contribution >= 4 is 17.6 Å². The molecule has 1 aromatic rings. The molecule has 0 aliphatic rings. The fourth-order valence-corrected chi connectivity index (χ4v) is 1.74. The Balaban J connectivity index is 3.07. The molecule has 1 rings (SSSR count). The maximum Gasteiger partial charge on any atom is 0.336 e. The molecular weight excluding hydrogens is 256 g/mol. The monoisotopic (exact) mass is 270 g/mol. The van der Waals surface area contributed by atoms with Crippen LogP contribution in [0.25, 0.3) is 0 Å². The normalized spacial score (nSPS) is 11.8. The summed E-state index contributed by atoms with van der Waals surface area (Å²) in [4.78, 5) is 11.5. The van der Waals surface area contributed by atoms with E-state index in [-0.39, 0.29) is 12.2 Å². The van der Waals surface area contributed by atoms with Gasteiger partial charge in [-0.25, -0.2) is 4.79 Å². The lowest BCUT2D eigenvalue weighted by Gasteiger charge is -2.17. The van der Waals surface area contributed by atoms with Crippen LogP contribution in [0.4, 0.5) is 0 Å². The standard InChI is InChI=1S/C13H15ClO4/c1-4-18-13(16)8(2)12(15)11-9(14)6-5-7-10(11)17-3/h5-7,12,15H,2,4H2,1,3H3. The molecule has 4 nitrogen and oxygen atoms in total. The Hall–Kier alpha value is -1.52. The second-order valence-electron chi connectivity index (χ2n) is 3.50. The molecule has 0 spiro atoms. The summed E-state index contributed by atoms with van der Waals surface area (Å²) in [6.07, 6.45) is -1.26. The number of hydrogen-bond acceptors (Lipinski definition) is 4. The number of ether oxygens (including phenoxy) is 2. The van der Waals surface area contributed by atoms with Crippen molar-refractivity contribution in [1.82, 2.24) is 0 Å². The fourth-order valence-electron chi connectivity index (χ4n) is 1.47. The van der Waals surface area contributed by atoms with Crippen molar-refractivity contribution in [2.75, 3.05) is 13.7 Å².